The van der Waals surface area contributed by atoms with E-state index in [1.54, 1.807) is 0 Å². The number of likely N-dealkylation sites (tertiary alicyclic amines) is 1. The SMILES string of the molecule is CCn1c(C(=O)N2CCC[C@H](C(=O)N3CCOCC3)C2)cc2ccccc21. The molecule has 144 valence electrons. The second-order valence-corrected chi connectivity index (χ2v) is 7.36. The molecule has 0 bridgehead atoms. The molecule has 2 aliphatic heterocycles. The number of benzene rings is 1. The molecule has 0 unspecified atom stereocenters. The number of carbonyl (C=O) groups is 2. The Labute approximate surface area is 159 Å². The Kier molecular flexibility index (Phi) is 5.16. The summed E-state index contributed by atoms with van der Waals surface area (Å²) in [6, 6.07) is 10.1. The number of aryl methyl sites for hydroxylation is 1. The highest BCUT2D eigenvalue weighted by Crippen LogP contribution is 2.25. The second kappa shape index (κ2) is 7.72. The van der Waals surface area contributed by atoms with Crippen LogP contribution in [0.3, 0.4) is 0 Å². The van der Waals surface area contributed by atoms with Crippen LogP contribution in [0.4, 0.5) is 0 Å². The van der Waals surface area contributed by atoms with Crippen LogP contribution in [0.1, 0.15) is 30.3 Å². The fraction of sp³-hybridized carbons (Fsp3) is 0.524. The van der Waals surface area contributed by atoms with Crippen molar-refractivity contribution in [2.24, 2.45) is 5.92 Å². The molecule has 2 fully saturated rings. The van der Waals surface area contributed by atoms with Gasteiger partial charge in [0, 0.05) is 43.6 Å². The number of para-hydroxylation sites is 1. The first kappa shape index (κ1) is 18.0. The Morgan fingerprint density at radius 2 is 1.89 bits per heavy atom. The molecule has 0 aliphatic carbocycles. The van der Waals surface area contributed by atoms with Gasteiger partial charge in [0.15, 0.2) is 0 Å². The van der Waals surface area contributed by atoms with Crippen molar-refractivity contribution in [1.82, 2.24) is 14.4 Å². The van der Waals surface area contributed by atoms with Crippen LogP contribution in [0.25, 0.3) is 10.9 Å². The molecular weight excluding hydrogens is 342 g/mol. The third kappa shape index (κ3) is 3.46. The summed E-state index contributed by atoms with van der Waals surface area (Å²) >= 11 is 0. The van der Waals surface area contributed by atoms with E-state index in [1.165, 1.54) is 0 Å². The molecule has 6 nitrogen and oxygen atoms in total. The van der Waals surface area contributed by atoms with Crippen molar-refractivity contribution in [1.29, 1.82) is 0 Å². The van der Waals surface area contributed by atoms with Crippen molar-refractivity contribution in [2.45, 2.75) is 26.3 Å². The van der Waals surface area contributed by atoms with Gasteiger partial charge in [0.2, 0.25) is 5.91 Å². The number of hydrogen-bond acceptors (Lipinski definition) is 3. The molecule has 2 saturated heterocycles. The number of nitrogens with zero attached hydrogens (tertiary/aromatic N) is 3. The molecule has 2 aromatic rings. The van der Waals surface area contributed by atoms with Gasteiger partial charge in [-0.25, -0.2) is 0 Å². The number of amides is 2. The lowest BCUT2D eigenvalue weighted by Crippen LogP contribution is -2.49. The summed E-state index contributed by atoms with van der Waals surface area (Å²) in [6.45, 7) is 6.58. The van der Waals surface area contributed by atoms with Crippen molar-refractivity contribution in [3.05, 3.63) is 36.0 Å². The van der Waals surface area contributed by atoms with Crippen LogP contribution in [0.2, 0.25) is 0 Å². The Morgan fingerprint density at radius 1 is 1.11 bits per heavy atom. The number of morpholine rings is 1. The lowest BCUT2D eigenvalue weighted by Gasteiger charge is -2.36. The zero-order valence-electron chi connectivity index (χ0n) is 15.9. The van der Waals surface area contributed by atoms with Crippen molar-refractivity contribution >= 4 is 22.7 Å². The largest absolute Gasteiger partial charge is 0.378 e. The van der Waals surface area contributed by atoms with Crippen LogP contribution in [0, 0.1) is 5.92 Å². The van der Waals surface area contributed by atoms with E-state index in [-0.39, 0.29) is 17.7 Å². The van der Waals surface area contributed by atoms with Crippen molar-refractivity contribution in [2.75, 3.05) is 39.4 Å². The minimum absolute atomic E-state index is 0.0347. The quantitative estimate of drug-likeness (QED) is 0.835. The maximum Gasteiger partial charge on any atom is 0.270 e. The van der Waals surface area contributed by atoms with Gasteiger partial charge in [-0.2, -0.15) is 0 Å². The number of ether oxygens (including phenoxy) is 1. The maximum absolute atomic E-state index is 13.3. The lowest BCUT2D eigenvalue weighted by atomic mass is 9.96. The van der Waals surface area contributed by atoms with E-state index < -0.39 is 0 Å². The summed E-state index contributed by atoms with van der Waals surface area (Å²) in [5, 5.41) is 1.08. The van der Waals surface area contributed by atoms with Gasteiger partial charge in [-0.15, -0.1) is 0 Å². The maximum atomic E-state index is 13.3. The van der Waals surface area contributed by atoms with Crippen LogP contribution in [-0.2, 0) is 16.1 Å². The average Bonchev–Trinajstić information content (AvgIpc) is 3.12. The van der Waals surface area contributed by atoms with Crippen LogP contribution in [-0.4, -0.2) is 65.6 Å². The van der Waals surface area contributed by atoms with Crippen LogP contribution in [0.5, 0.6) is 0 Å². The zero-order valence-corrected chi connectivity index (χ0v) is 15.9. The van der Waals surface area contributed by atoms with Gasteiger partial charge in [0.25, 0.3) is 5.91 Å². The third-order valence-corrected chi connectivity index (χ3v) is 5.73. The van der Waals surface area contributed by atoms with Gasteiger partial charge in [0.1, 0.15) is 5.69 Å². The van der Waals surface area contributed by atoms with Crippen molar-refractivity contribution < 1.29 is 14.3 Å². The number of fused-ring (bicyclic) bond motifs is 1. The van der Waals surface area contributed by atoms with E-state index in [0.29, 0.717) is 32.8 Å². The Bertz CT molecular complexity index is 838. The number of piperidine rings is 1. The van der Waals surface area contributed by atoms with Gasteiger partial charge in [-0.05, 0) is 31.9 Å². The molecular formula is C21H27N3O3. The predicted molar refractivity (Wildman–Crippen MR) is 104 cm³/mol. The summed E-state index contributed by atoms with van der Waals surface area (Å²) in [5.41, 5.74) is 1.81. The highest BCUT2D eigenvalue weighted by atomic mass is 16.5. The molecule has 1 aromatic heterocycles. The molecule has 0 N–H and O–H groups in total. The van der Waals surface area contributed by atoms with E-state index in [1.807, 2.05) is 34.1 Å². The molecule has 1 aromatic carbocycles. The standard InChI is InChI=1S/C21H27N3O3/c1-2-24-18-8-4-3-6-16(18)14-19(24)21(26)23-9-5-7-17(15-23)20(25)22-10-12-27-13-11-22/h3-4,6,8,14,17H,2,5,7,9-13,15H2,1H3/t17-/m0/s1. The Balaban J connectivity index is 1.53. The van der Waals surface area contributed by atoms with Crippen molar-refractivity contribution in [3.8, 4) is 0 Å². The molecule has 27 heavy (non-hydrogen) atoms. The van der Waals surface area contributed by atoms with Gasteiger partial charge < -0.3 is 19.1 Å². The summed E-state index contributed by atoms with van der Waals surface area (Å²) < 4.78 is 7.42. The first-order chi connectivity index (χ1) is 13.2. The summed E-state index contributed by atoms with van der Waals surface area (Å²) in [7, 11) is 0. The molecule has 1 atom stereocenters. The van der Waals surface area contributed by atoms with Crippen LogP contribution in [0.15, 0.2) is 30.3 Å². The van der Waals surface area contributed by atoms with Crippen LogP contribution < -0.4 is 0 Å². The monoisotopic (exact) mass is 369 g/mol. The molecule has 0 saturated carbocycles. The minimum atomic E-state index is -0.0970. The Hall–Kier alpha value is -2.34. The minimum Gasteiger partial charge on any atom is -0.378 e. The van der Waals surface area contributed by atoms with Gasteiger partial charge in [-0.1, -0.05) is 18.2 Å². The second-order valence-electron chi connectivity index (χ2n) is 7.36. The van der Waals surface area contributed by atoms with E-state index in [4.69, 9.17) is 4.74 Å². The highest BCUT2D eigenvalue weighted by Gasteiger charge is 2.33. The molecule has 4 rings (SSSR count). The summed E-state index contributed by atoms with van der Waals surface area (Å²) in [4.78, 5) is 29.9. The van der Waals surface area contributed by atoms with Gasteiger partial charge in [-0.3, -0.25) is 9.59 Å². The van der Waals surface area contributed by atoms with E-state index in [0.717, 1.165) is 42.5 Å². The third-order valence-electron chi connectivity index (χ3n) is 5.73. The first-order valence-electron chi connectivity index (χ1n) is 9.93. The molecule has 2 amide bonds. The number of hydrogen-bond donors (Lipinski definition) is 0. The summed E-state index contributed by atoms with van der Waals surface area (Å²) in [6.07, 6.45) is 1.73. The van der Waals surface area contributed by atoms with Crippen molar-refractivity contribution in [3.63, 3.8) is 0 Å². The smallest absolute Gasteiger partial charge is 0.270 e. The molecule has 2 aliphatic rings. The molecule has 6 heteroatoms. The zero-order chi connectivity index (χ0) is 18.8. The fourth-order valence-electron chi connectivity index (χ4n) is 4.30. The first-order valence-corrected chi connectivity index (χ1v) is 9.93. The van der Waals surface area contributed by atoms with E-state index >= 15 is 0 Å². The molecule has 3 heterocycles. The van der Waals surface area contributed by atoms with E-state index in [2.05, 4.69) is 17.6 Å². The number of carbonyl (C=O) groups excluding carboxylic acids is 2. The number of rotatable bonds is 3. The highest BCUT2D eigenvalue weighted by molar-refractivity contribution is 5.99. The average molecular weight is 369 g/mol. The Morgan fingerprint density at radius 3 is 2.67 bits per heavy atom. The predicted octanol–water partition coefficient (Wildman–Crippen LogP) is 2.37. The van der Waals surface area contributed by atoms with E-state index in [9.17, 15) is 9.59 Å². The molecule has 0 spiro atoms. The van der Waals surface area contributed by atoms with Gasteiger partial charge >= 0.3 is 0 Å². The molecule has 0 radical (unpaired) electrons. The van der Waals surface area contributed by atoms with Gasteiger partial charge in [0.05, 0.1) is 19.1 Å². The van der Waals surface area contributed by atoms with Crippen LogP contribution >= 0.6 is 0 Å². The fourth-order valence-corrected chi connectivity index (χ4v) is 4.30. The lowest BCUT2D eigenvalue weighted by molar-refractivity contribution is -0.141. The normalized spacial score (nSPS) is 20.9. The topological polar surface area (TPSA) is 54.8 Å². The summed E-state index contributed by atoms with van der Waals surface area (Å²) in [5.74, 6) is 0.111. The number of aromatic nitrogens is 1.